The maximum Gasteiger partial charge on any atom is 0.255 e. The van der Waals surface area contributed by atoms with Crippen LogP contribution in [0.2, 0.25) is 0 Å². The fourth-order valence-electron chi connectivity index (χ4n) is 3.28. The van der Waals surface area contributed by atoms with E-state index in [4.69, 9.17) is 0 Å². The molecule has 1 N–H and O–H groups in total. The molecular weight excluding hydrogens is 303 g/mol. The smallest absolute Gasteiger partial charge is 0.255 e. The van der Waals surface area contributed by atoms with Crippen LogP contribution in [0.4, 0.5) is 15.8 Å². The van der Waals surface area contributed by atoms with Gasteiger partial charge in [0.1, 0.15) is 5.82 Å². The summed E-state index contributed by atoms with van der Waals surface area (Å²) in [6, 6.07) is 10.3. The summed E-state index contributed by atoms with van der Waals surface area (Å²) in [7, 11) is 0. The minimum absolute atomic E-state index is 0.198. The molecule has 0 aliphatic carbocycles. The van der Waals surface area contributed by atoms with E-state index in [9.17, 15) is 9.18 Å². The largest absolute Gasteiger partial charge is 0.370 e. The summed E-state index contributed by atoms with van der Waals surface area (Å²) in [5.41, 5.74) is 4.10. The Hall–Kier alpha value is -2.36. The summed E-state index contributed by atoms with van der Waals surface area (Å²) < 4.78 is 13.7. The first kappa shape index (κ1) is 16.5. The Labute approximate surface area is 142 Å². The molecule has 3 nitrogen and oxygen atoms in total. The molecule has 1 saturated heterocycles. The van der Waals surface area contributed by atoms with Crippen LogP contribution in [-0.4, -0.2) is 19.0 Å². The van der Waals surface area contributed by atoms with Crippen molar-refractivity contribution in [1.29, 1.82) is 0 Å². The second kappa shape index (κ2) is 7.04. The lowest BCUT2D eigenvalue weighted by molar-refractivity contribution is 0.102. The third kappa shape index (κ3) is 3.58. The molecule has 1 fully saturated rings. The molecule has 1 amide bonds. The van der Waals surface area contributed by atoms with E-state index in [1.165, 1.54) is 18.6 Å². The van der Waals surface area contributed by atoms with Crippen LogP contribution in [-0.2, 0) is 0 Å². The summed E-state index contributed by atoms with van der Waals surface area (Å²) in [5, 5.41) is 2.90. The number of halogens is 1. The molecule has 0 aromatic heterocycles. The van der Waals surface area contributed by atoms with Crippen molar-refractivity contribution in [2.75, 3.05) is 23.3 Å². The van der Waals surface area contributed by atoms with Gasteiger partial charge in [-0.05, 0) is 62.9 Å². The zero-order valence-electron chi connectivity index (χ0n) is 14.2. The van der Waals surface area contributed by atoms with Crippen molar-refractivity contribution in [3.8, 4) is 0 Å². The first-order chi connectivity index (χ1) is 11.5. The van der Waals surface area contributed by atoms with Crippen LogP contribution in [0.3, 0.4) is 0 Å². The van der Waals surface area contributed by atoms with Gasteiger partial charge in [-0.25, -0.2) is 4.39 Å². The number of hydrogen-bond donors (Lipinski definition) is 1. The Kier molecular flexibility index (Phi) is 4.84. The van der Waals surface area contributed by atoms with E-state index in [1.807, 2.05) is 32.0 Å². The van der Waals surface area contributed by atoms with Crippen molar-refractivity contribution < 1.29 is 9.18 Å². The second-order valence-electron chi connectivity index (χ2n) is 6.48. The van der Waals surface area contributed by atoms with E-state index in [2.05, 4.69) is 10.2 Å². The molecule has 0 radical (unpaired) electrons. The number of benzene rings is 2. The van der Waals surface area contributed by atoms with Crippen LogP contribution in [0, 0.1) is 19.7 Å². The van der Waals surface area contributed by atoms with Gasteiger partial charge >= 0.3 is 0 Å². The van der Waals surface area contributed by atoms with E-state index >= 15 is 0 Å². The van der Waals surface area contributed by atoms with Gasteiger partial charge in [0.2, 0.25) is 0 Å². The molecule has 0 atom stereocenters. The van der Waals surface area contributed by atoms with Gasteiger partial charge < -0.3 is 10.2 Å². The normalized spacial score (nSPS) is 14.5. The van der Waals surface area contributed by atoms with Crippen LogP contribution < -0.4 is 10.2 Å². The molecule has 0 spiro atoms. The average molecular weight is 326 g/mol. The molecule has 24 heavy (non-hydrogen) atoms. The Bertz CT molecular complexity index is 751. The molecular formula is C20H23FN2O. The van der Waals surface area contributed by atoms with Crippen LogP contribution in [0.25, 0.3) is 0 Å². The highest BCUT2D eigenvalue weighted by Crippen LogP contribution is 2.30. The Morgan fingerprint density at radius 2 is 1.79 bits per heavy atom. The SMILES string of the molecule is Cc1ccc(C(=O)Nc2cc(F)ccc2N2CCCCC2)c(C)c1. The number of rotatable bonds is 3. The molecule has 1 aliphatic rings. The van der Waals surface area contributed by atoms with Gasteiger partial charge in [0, 0.05) is 18.7 Å². The highest BCUT2D eigenvalue weighted by molar-refractivity contribution is 6.06. The lowest BCUT2D eigenvalue weighted by Crippen LogP contribution is -2.30. The van der Waals surface area contributed by atoms with Crippen molar-refractivity contribution in [3.63, 3.8) is 0 Å². The monoisotopic (exact) mass is 326 g/mol. The van der Waals surface area contributed by atoms with E-state index in [0.29, 0.717) is 11.3 Å². The molecule has 0 saturated carbocycles. The summed E-state index contributed by atoms with van der Waals surface area (Å²) >= 11 is 0. The van der Waals surface area contributed by atoms with Crippen LogP contribution >= 0.6 is 0 Å². The topological polar surface area (TPSA) is 32.3 Å². The van der Waals surface area contributed by atoms with Gasteiger partial charge in [-0.1, -0.05) is 17.7 Å². The predicted octanol–water partition coefficient (Wildman–Crippen LogP) is 4.69. The number of nitrogens with zero attached hydrogens (tertiary/aromatic N) is 1. The molecule has 2 aromatic rings. The zero-order chi connectivity index (χ0) is 17.1. The fraction of sp³-hybridized carbons (Fsp3) is 0.350. The zero-order valence-corrected chi connectivity index (χ0v) is 14.2. The van der Waals surface area contributed by atoms with Gasteiger partial charge in [-0.3, -0.25) is 4.79 Å². The van der Waals surface area contributed by atoms with Gasteiger partial charge in [-0.2, -0.15) is 0 Å². The van der Waals surface area contributed by atoms with Crippen molar-refractivity contribution in [1.82, 2.24) is 0 Å². The standard InChI is InChI=1S/C20H23FN2O/c1-14-6-8-17(15(2)12-14)20(24)22-18-13-16(21)7-9-19(18)23-10-4-3-5-11-23/h6-9,12-13H,3-5,10-11H2,1-2H3,(H,22,24). The minimum atomic E-state index is -0.341. The quantitative estimate of drug-likeness (QED) is 0.888. The maximum absolute atomic E-state index is 13.7. The molecule has 1 heterocycles. The van der Waals surface area contributed by atoms with Crippen LogP contribution in [0.15, 0.2) is 36.4 Å². The number of anilines is 2. The number of hydrogen-bond acceptors (Lipinski definition) is 2. The average Bonchev–Trinajstić information content (AvgIpc) is 2.55. The third-order valence-corrected chi connectivity index (χ3v) is 4.53. The lowest BCUT2D eigenvalue weighted by Gasteiger charge is -2.30. The van der Waals surface area contributed by atoms with Crippen molar-refractivity contribution in [3.05, 3.63) is 58.9 Å². The van der Waals surface area contributed by atoms with Crippen LogP contribution in [0.5, 0.6) is 0 Å². The highest BCUT2D eigenvalue weighted by Gasteiger charge is 2.17. The van der Waals surface area contributed by atoms with Crippen molar-refractivity contribution in [2.45, 2.75) is 33.1 Å². The molecule has 3 rings (SSSR count). The second-order valence-corrected chi connectivity index (χ2v) is 6.48. The first-order valence-corrected chi connectivity index (χ1v) is 8.48. The van der Waals surface area contributed by atoms with Gasteiger partial charge in [0.15, 0.2) is 0 Å². The third-order valence-electron chi connectivity index (χ3n) is 4.53. The van der Waals surface area contributed by atoms with Crippen LogP contribution in [0.1, 0.15) is 40.7 Å². The molecule has 2 aromatic carbocycles. The van der Waals surface area contributed by atoms with Crippen molar-refractivity contribution in [2.24, 2.45) is 0 Å². The highest BCUT2D eigenvalue weighted by atomic mass is 19.1. The van der Waals surface area contributed by atoms with Gasteiger partial charge in [-0.15, -0.1) is 0 Å². The summed E-state index contributed by atoms with van der Waals surface area (Å²) in [6.07, 6.45) is 3.48. The van der Waals surface area contributed by atoms with Crippen molar-refractivity contribution >= 4 is 17.3 Å². The Morgan fingerprint density at radius 3 is 2.50 bits per heavy atom. The van der Waals surface area contributed by atoms with E-state index in [1.54, 1.807) is 6.07 Å². The number of carbonyl (C=O) groups is 1. The summed E-state index contributed by atoms with van der Waals surface area (Å²) in [4.78, 5) is 14.9. The Morgan fingerprint density at radius 1 is 1.04 bits per heavy atom. The number of piperidine rings is 1. The molecule has 1 aliphatic heterocycles. The van der Waals surface area contributed by atoms with E-state index in [-0.39, 0.29) is 11.7 Å². The number of carbonyl (C=O) groups excluding carboxylic acids is 1. The summed E-state index contributed by atoms with van der Waals surface area (Å²) in [6.45, 7) is 5.80. The molecule has 0 bridgehead atoms. The Balaban J connectivity index is 1.88. The molecule has 0 unspecified atom stereocenters. The first-order valence-electron chi connectivity index (χ1n) is 8.48. The van der Waals surface area contributed by atoms with Gasteiger partial charge in [0.25, 0.3) is 5.91 Å². The summed E-state index contributed by atoms with van der Waals surface area (Å²) in [5.74, 6) is -0.539. The van der Waals surface area contributed by atoms with E-state index < -0.39 is 0 Å². The predicted molar refractivity (Wildman–Crippen MR) is 96.3 cm³/mol. The number of aryl methyl sites for hydroxylation is 2. The van der Waals surface area contributed by atoms with E-state index in [0.717, 1.165) is 42.7 Å². The fourth-order valence-corrected chi connectivity index (χ4v) is 3.28. The minimum Gasteiger partial charge on any atom is -0.370 e. The number of nitrogens with one attached hydrogen (secondary N) is 1. The number of amides is 1. The molecule has 126 valence electrons. The lowest BCUT2D eigenvalue weighted by atomic mass is 10.0. The molecule has 4 heteroatoms. The van der Waals surface area contributed by atoms with Gasteiger partial charge in [0.05, 0.1) is 11.4 Å². The maximum atomic E-state index is 13.7.